The number of hydrogen-bond acceptors (Lipinski definition) is 8. The number of nitro groups is 1. The Labute approximate surface area is 187 Å². The van der Waals surface area contributed by atoms with Crippen LogP contribution in [-0.2, 0) is 17.6 Å². The zero-order chi connectivity index (χ0) is 22.0. The third-order valence-electron chi connectivity index (χ3n) is 5.27. The zero-order valence-electron chi connectivity index (χ0n) is 16.5. The lowest BCUT2D eigenvalue weighted by Gasteiger charge is -2.28. The molecule has 2 heterocycles. The van der Waals surface area contributed by atoms with E-state index < -0.39 is 10.8 Å². The van der Waals surface area contributed by atoms with Crippen LogP contribution in [0.1, 0.15) is 32.8 Å². The molecule has 4 rings (SSSR count). The van der Waals surface area contributed by atoms with Crippen molar-refractivity contribution < 1.29 is 14.5 Å². The van der Waals surface area contributed by atoms with Gasteiger partial charge in [0.2, 0.25) is 0 Å². The molecule has 1 fully saturated rings. The van der Waals surface area contributed by atoms with Gasteiger partial charge in [-0.15, -0.1) is 11.3 Å². The van der Waals surface area contributed by atoms with Crippen LogP contribution < -0.4 is 15.5 Å². The SMILES string of the molecule is N#Cc1c(NC(=S)NC(=O)c2ccc(N3CCOCC3)c([N+](=O)[O-])c2)sc2c1CCC2. The molecule has 0 bridgehead atoms. The molecule has 1 aliphatic heterocycles. The van der Waals surface area contributed by atoms with Crippen molar-refractivity contribution in [1.29, 1.82) is 5.26 Å². The van der Waals surface area contributed by atoms with E-state index in [0.29, 0.717) is 42.6 Å². The summed E-state index contributed by atoms with van der Waals surface area (Å²) >= 11 is 6.71. The van der Waals surface area contributed by atoms with Crippen LogP contribution in [0.2, 0.25) is 0 Å². The number of ether oxygens (including phenoxy) is 1. The lowest BCUT2D eigenvalue weighted by atomic mass is 10.1. The van der Waals surface area contributed by atoms with Gasteiger partial charge in [-0.05, 0) is 49.2 Å². The summed E-state index contributed by atoms with van der Waals surface area (Å²) in [7, 11) is 0. The quantitative estimate of drug-likeness (QED) is 0.408. The number of carbonyl (C=O) groups excluding carboxylic acids is 1. The third kappa shape index (κ3) is 4.36. The molecule has 31 heavy (non-hydrogen) atoms. The molecule has 2 N–H and O–H groups in total. The number of benzene rings is 1. The van der Waals surface area contributed by atoms with Gasteiger partial charge in [0.1, 0.15) is 16.8 Å². The first-order valence-electron chi connectivity index (χ1n) is 9.76. The van der Waals surface area contributed by atoms with E-state index in [1.165, 1.54) is 28.3 Å². The van der Waals surface area contributed by atoms with Crippen LogP contribution in [0.4, 0.5) is 16.4 Å². The molecule has 1 aromatic heterocycles. The van der Waals surface area contributed by atoms with Crippen LogP contribution >= 0.6 is 23.6 Å². The van der Waals surface area contributed by atoms with E-state index in [9.17, 15) is 20.2 Å². The van der Waals surface area contributed by atoms with Crippen LogP contribution in [0.5, 0.6) is 0 Å². The number of carbonyl (C=O) groups is 1. The number of thiocarbonyl (C=S) groups is 1. The van der Waals surface area contributed by atoms with E-state index >= 15 is 0 Å². The summed E-state index contributed by atoms with van der Waals surface area (Å²) < 4.78 is 5.30. The van der Waals surface area contributed by atoms with Gasteiger partial charge in [0.05, 0.1) is 23.7 Å². The van der Waals surface area contributed by atoms with Crippen molar-refractivity contribution in [3.63, 3.8) is 0 Å². The predicted molar refractivity (Wildman–Crippen MR) is 121 cm³/mol. The molecule has 0 unspecified atom stereocenters. The molecule has 0 atom stereocenters. The van der Waals surface area contributed by atoms with Crippen molar-refractivity contribution in [3.05, 3.63) is 49.9 Å². The van der Waals surface area contributed by atoms with Crippen LogP contribution in [0.25, 0.3) is 0 Å². The molecule has 9 nitrogen and oxygen atoms in total. The average molecular weight is 458 g/mol. The van der Waals surface area contributed by atoms with Crippen LogP contribution in [0.3, 0.4) is 0 Å². The fraction of sp³-hybridized carbons (Fsp3) is 0.350. The Morgan fingerprint density at radius 2 is 2.10 bits per heavy atom. The fourth-order valence-corrected chi connectivity index (χ4v) is 5.31. The number of nitrogens with one attached hydrogen (secondary N) is 2. The molecule has 11 heteroatoms. The summed E-state index contributed by atoms with van der Waals surface area (Å²) in [5.74, 6) is -0.559. The molecule has 1 saturated heterocycles. The highest BCUT2D eigenvalue weighted by Gasteiger charge is 2.25. The predicted octanol–water partition coefficient (Wildman–Crippen LogP) is 2.98. The van der Waals surface area contributed by atoms with E-state index in [0.717, 1.165) is 24.8 Å². The largest absolute Gasteiger partial charge is 0.378 e. The zero-order valence-corrected chi connectivity index (χ0v) is 18.1. The maximum absolute atomic E-state index is 12.6. The maximum atomic E-state index is 12.6. The van der Waals surface area contributed by atoms with E-state index in [1.807, 2.05) is 4.90 Å². The van der Waals surface area contributed by atoms with Crippen LogP contribution in [0, 0.1) is 21.4 Å². The number of aryl methyl sites for hydroxylation is 1. The van der Waals surface area contributed by atoms with Gasteiger partial charge in [0.25, 0.3) is 11.6 Å². The van der Waals surface area contributed by atoms with Gasteiger partial charge < -0.3 is 15.0 Å². The van der Waals surface area contributed by atoms with E-state index in [-0.39, 0.29) is 16.4 Å². The molecular formula is C20H19N5O4S2. The molecular weight excluding hydrogens is 438 g/mol. The highest BCUT2D eigenvalue weighted by molar-refractivity contribution is 7.80. The maximum Gasteiger partial charge on any atom is 0.293 e. The van der Waals surface area contributed by atoms with Gasteiger partial charge in [-0.2, -0.15) is 5.26 Å². The summed E-state index contributed by atoms with van der Waals surface area (Å²) in [4.78, 5) is 26.8. The van der Waals surface area contributed by atoms with Crippen molar-refractivity contribution in [2.45, 2.75) is 19.3 Å². The molecule has 1 aromatic carbocycles. The Morgan fingerprint density at radius 3 is 2.81 bits per heavy atom. The number of rotatable bonds is 4. The van der Waals surface area contributed by atoms with Crippen molar-refractivity contribution in [1.82, 2.24) is 5.32 Å². The lowest BCUT2D eigenvalue weighted by molar-refractivity contribution is -0.384. The molecule has 1 aliphatic carbocycles. The second kappa shape index (κ2) is 8.97. The van der Waals surface area contributed by atoms with E-state index in [4.69, 9.17) is 17.0 Å². The monoisotopic (exact) mass is 457 g/mol. The second-order valence-corrected chi connectivity index (χ2v) is 8.65. The molecule has 0 saturated carbocycles. The standard InChI is InChI=1S/C20H19N5O4S2/c21-11-14-13-2-1-3-17(13)31-19(14)23-20(30)22-18(26)12-4-5-15(16(10-12)25(27)28)24-6-8-29-9-7-24/h4-5,10H,1-3,6-9H2,(H2,22,23,26,30). The minimum absolute atomic E-state index is 0.0429. The normalized spacial score (nSPS) is 15.1. The van der Waals surface area contributed by atoms with Gasteiger partial charge in [0, 0.05) is 29.6 Å². The first kappa shape index (κ1) is 21.2. The first-order chi connectivity index (χ1) is 15.0. The Balaban J connectivity index is 1.48. The van der Waals surface area contributed by atoms with E-state index in [1.54, 1.807) is 6.07 Å². The molecule has 2 aromatic rings. The summed E-state index contributed by atoms with van der Waals surface area (Å²) in [6.07, 6.45) is 2.85. The van der Waals surface area contributed by atoms with Crippen LogP contribution in [0.15, 0.2) is 18.2 Å². The Hall–Kier alpha value is -3.07. The first-order valence-corrected chi connectivity index (χ1v) is 11.0. The number of nitriles is 1. The van der Waals surface area contributed by atoms with Crippen molar-refractivity contribution in [2.24, 2.45) is 0 Å². The summed E-state index contributed by atoms with van der Waals surface area (Å²) in [6.45, 7) is 2.09. The smallest absolute Gasteiger partial charge is 0.293 e. The molecule has 0 radical (unpaired) electrons. The second-order valence-electron chi connectivity index (χ2n) is 7.14. The molecule has 0 spiro atoms. The molecule has 2 aliphatic rings. The summed E-state index contributed by atoms with van der Waals surface area (Å²) in [5.41, 5.74) is 2.06. The van der Waals surface area contributed by atoms with Crippen LogP contribution in [-0.4, -0.2) is 42.2 Å². The Kier molecular flexibility index (Phi) is 6.13. The van der Waals surface area contributed by atoms with Gasteiger partial charge in [-0.3, -0.25) is 20.2 Å². The van der Waals surface area contributed by atoms with Gasteiger partial charge in [0.15, 0.2) is 5.11 Å². The van der Waals surface area contributed by atoms with Gasteiger partial charge in [-0.1, -0.05) is 0 Å². The number of morpholine rings is 1. The lowest BCUT2D eigenvalue weighted by Crippen LogP contribution is -2.37. The van der Waals surface area contributed by atoms with Crippen molar-refractivity contribution in [3.8, 4) is 6.07 Å². The Bertz CT molecular complexity index is 1100. The van der Waals surface area contributed by atoms with Crippen molar-refractivity contribution in [2.75, 3.05) is 36.5 Å². The number of thiophene rings is 1. The summed E-state index contributed by atoms with van der Waals surface area (Å²) in [6, 6.07) is 6.58. The number of fused-ring (bicyclic) bond motifs is 1. The Morgan fingerprint density at radius 1 is 1.32 bits per heavy atom. The van der Waals surface area contributed by atoms with Crippen molar-refractivity contribution >= 4 is 51.0 Å². The molecule has 1 amide bonds. The summed E-state index contributed by atoms with van der Waals surface area (Å²) in [5, 5.41) is 27.2. The highest BCUT2D eigenvalue weighted by Crippen LogP contribution is 2.38. The minimum atomic E-state index is -0.559. The number of amides is 1. The number of nitro benzene ring substituents is 1. The highest BCUT2D eigenvalue weighted by atomic mass is 32.1. The fourth-order valence-electron chi connectivity index (χ4n) is 3.80. The number of nitrogens with zero attached hydrogens (tertiary/aromatic N) is 3. The van der Waals surface area contributed by atoms with Gasteiger partial charge >= 0.3 is 0 Å². The minimum Gasteiger partial charge on any atom is -0.378 e. The topological polar surface area (TPSA) is 121 Å². The van der Waals surface area contributed by atoms with Gasteiger partial charge in [-0.25, -0.2) is 0 Å². The molecule has 160 valence electrons. The number of anilines is 2. The average Bonchev–Trinajstić information content (AvgIpc) is 3.34. The van der Waals surface area contributed by atoms with E-state index in [2.05, 4.69) is 16.7 Å². The third-order valence-corrected chi connectivity index (χ3v) is 6.68. The number of hydrogen-bond donors (Lipinski definition) is 2.